The molecule has 0 aliphatic heterocycles. The first kappa shape index (κ1) is 25.6. The zero-order chi connectivity index (χ0) is 27.9. The maximum Gasteiger partial charge on any atom is 0.434 e. The van der Waals surface area contributed by atoms with Gasteiger partial charge in [-0.15, -0.1) is 9.90 Å². The van der Waals surface area contributed by atoms with E-state index < -0.39 is 34.8 Å². The van der Waals surface area contributed by atoms with Gasteiger partial charge in [0.25, 0.3) is 17.4 Å². The normalized spacial score (nSPS) is 11.5. The summed E-state index contributed by atoms with van der Waals surface area (Å²) in [7, 11) is 1.42. The number of hydrogen-bond acceptors (Lipinski definition) is 7. The van der Waals surface area contributed by atoms with Crippen LogP contribution in [0.4, 0.5) is 18.9 Å². The Kier molecular flexibility index (Phi) is 6.35. The molecule has 3 N–H and O–H groups in total. The van der Waals surface area contributed by atoms with Gasteiger partial charge >= 0.3 is 6.18 Å². The van der Waals surface area contributed by atoms with Crippen molar-refractivity contribution in [2.45, 2.75) is 6.18 Å². The molecule has 0 radical (unpaired) electrons. The average Bonchev–Trinajstić information content (AvgIpc) is 3.56. The Morgan fingerprint density at radius 3 is 2.56 bits per heavy atom. The molecule has 5 rings (SSSR count). The third-order valence-electron chi connectivity index (χ3n) is 5.52. The molecule has 0 saturated carbocycles. The Morgan fingerprint density at radius 1 is 1.05 bits per heavy atom. The summed E-state index contributed by atoms with van der Waals surface area (Å²) >= 11 is 6.23. The molecule has 1 aromatic carbocycles. The highest BCUT2D eigenvalue weighted by Gasteiger charge is 2.41. The van der Waals surface area contributed by atoms with E-state index in [1.807, 2.05) is 0 Å². The Balaban J connectivity index is 1.49. The largest absolute Gasteiger partial charge is 0.434 e. The molecule has 0 fully saturated rings. The fourth-order valence-electron chi connectivity index (χ4n) is 3.80. The van der Waals surface area contributed by atoms with Gasteiger partial charge in [-0.25, -0.2) is 9.67 Å². The number of H-pyrrole nitrogens is 1. The van der Waals surface area contributed by atoms with Crippen LogP contribution in [-0.4, -0.2) is 53.6 Å². The van der Waals surface area contributed by atoms with Crippen molar-refractivity contribution in [1.82, 2.24) is 40.1 Å². The smallest absolute Gasteiger partial charge is 0.354 e. The number of alkyl halides is 3. The van der Waals surface area contributed by atoms with Crippen molar-refractivity contribution in [2.75, 3.05) is 12.4 Å². The van der Waals surface area contributed by atoms with E-state index in [0.717, 1.165) is 17.2 Å². The molecule has 2 amide bonds. The van der Waals surface area contributed by atoms with Crippen molar-refractivity contribution in [3.05, 3.63) is 87.4 Å². The van der Waals surface area contributed by atoms with Crippen LogP contribution in [0.2, 0.25) is 5.02 Å². The second kappa shape index (κ2) is 9.68. The number of amides is 2. The van der Waals surface area contributed by atoms with Gasteiger partial charge < -0.3 is 15.6 Å². The lowest BCUT2D eigenvalue weighted by atomic mass is 10.1. The average molecular weight is 558 g/mol. The van der Waals surface area contributed by atoms with Crippen LogP contribution in [0.1, 0.15) is 26.5 Å². The molecule has 4 aromatic heterocycles. The molecule has 5 aromatic rings. The summed E-state index contributed by atoms with van der Waals surface area (Å²) in [5.74, 6) is -1.60. The second-order valence-corrected chi connectivity index (χ2v) is 8.35. The van der Waals surface area contributed by atoms with Crippen LogP contribution in [0.25, 0.3) is 22.3 Å². The fraction of sp³-hybridized carbons (Fsp3) is 0.0870. The zero-order valence-electron chi connectivity index (χ0n) is 19.6. The van der Waals surface area contributed by atoms with Crippen LogP contribution in [0.3, 0.4) is 0 Å². The van der Waals surface area contributed by atoms with Gasteiger partial charge in [0.2, 0.25) is 0 Å². The topological polar surface area (TPSA) is 152 Å². The standard InChI is InChI=1S/C23H15ClF3N9O3/c1-28-22(39)16-10-32-36(34-16)19-15(24)7-11(8-30-19)33-21(38)14-9-31-35(18(14)23(25,26)27)17-4-2-3-13-12(17)5-6-29-20(13)37/h2-10H,1H3,(H,28,39)(H,29,37)(H,33,38). The molecular formula is C23H15ClF3N9O3. The van der Waals surface area contributed by atoms with Gasteiger partial charge in [-0.2, -0.15) is 23.4 Å². The summed E-state index contributed by atoms with van der Waals surface area (Å²) in [5, 5.41) is 16.7. The van der Waals surface area contributed by atoms with E-state index in [4.69, 9.17) is 11.6 Å². The quantitative estimate of drug-likeness (QED) is 0.300. The minimum atomic E-state index is -4.99. The molecule has 0 aliphatic rings. The number of nitrogens with one attached hydrogen (secondary N) is 3. The first-order valence-corrected chi connectivity index (χ1v) is 11.3. The number of anilines is 1. The highest BCUT2D eigenvalue weighted by molar-refractivity contribution is 6.32. The molecule has 198 valence electrons. The van der Waals surface area contributed by atoms with Crippen LogP contribution in [0.15, 0.2) is 59.9 Å². The molecule has 16 heteroatoms. The lowest BCUT2D eigenvalue weighted by Crippen LogP contribution is -2.21. The monoisotopic (exact) mass is 557 g/mol. The number of hydrogen-bond donors (Lipinski definition) is 3. The summed E-state index contributed by atoms with van der Waals surface area (Å²) in [5.41, 5.74) is -2.66. The summed E-state index contributed by atoms with van der Waals surface area (Å²) in [6, 6.07) is 6.90. The van der Waals surface area contributed by atoms with Crippen LogP contribution in [0.5, 0.6) is 0 Å². The van der Waals surface area contributed by atoms with Gasteiger partial charge in [-0.1, -0.05) is 17.7 Å². The lowest BCUT2D eigenvalue weighted by Gasteiger charge is -2.14. The third-order valence-corrected chi connectivity index (χ3v) is 5.80. The van der Waals surface area contributed by atoms with Gasteiger partial charge in [0.15, 0.2) is 17.2 Å². The Hall–Kier alpha value is -5.05. The molecule has 12 nitrogen and oxygen atoms in total. The number of benzene rings is 1. The molecule has 0 unspecified atom stereocenters. The van der Waals surface area contributed by atoms with Crippen molar-refractivity contribution >= 4 is 39.9 Å². The van der Waals surface area contributed by atoms with Crippen molar-refractivity contribution in [2.24, 2.45) is 0 Å². The van der Waals surface area contributed by atoms with Crippen LogP contribution in [-0.2, 0) is 6.18 Å². The number of carbonyl (C=O) groups excluding carboxylic acids is 2. The molecule has 39 heavy (non-hydrogen) atoms. The van der Waals surface area contributed by atoms with E-state index in [-0.39, 0.29) is 38.7 Å². The molecule has 4 heterocycles. The zero-order valence-corrected chi connectivity index (χ0v) is 20.4. The van der Waals surface area contributed by atoms with E-state index in [0.29, 0.717) is 4.68 Å². The maximum atomic E-state index is 14.2. The fourth-order valence-corrected chi connectivity index (χ4v) is 4.04. The summed E-state index contributed by atoms with van der Waals surface area (Å²) < 4.78 is 43.2. The van der Waals surface area contributed by atoms with E-state index in [2.05, 4.69) is 35.9 Å². The lowest BCUT2D eigenvalue weighted by molar-refractivity contribution is -0.143. The predicted molar refractivity (Wildman–Crippen MR) is 132 cm³/mol. The first-order chi connectivity index (χ1) is 18.6. The highest BCUT2D eigenvalue weighted by atomic mass is 35.5. The SMILES string of the molecule is CNC(=O)c1cnn(-c2ncc(NC(=O)c3cnn(-c4cccc5c(=O)[nH]ccc45)c3C(F)(F)F)cc2Cl)n1. The molecule has 0 aliphatic carbocycles. The number of aromatic nitrogens is 7. The summed E-state index contributed by atoms with van der Waals surface area (Å²) in [4.78, 5) is 44.3. The number of aromatic amines is 1. The minimum Gasteiger partial charge on any atom is -0.354 e. The number of halogens is 4. The van der Waals surface area contributed by atoms with E-state index >= 15 is 0 Å². The number of nitrogens with zero attached hydrogens (tertiary/aromatic N) is 6. The van der Waals surface area contributed by atoms with Crippen molar-refractivity contribution < 1.29 is 22.8 Å². The Bertz CT molecular complexity index is 1810. The minimum absolute atomic E-state index is 0.000222. The van der Waals surface area contributed by atoms with Gasteiger partial charge in [-0.3, -0.25) is 14.4 Å². The van der Waals surface area contributed by atoms with Crippen LogP contribution < -0.4 is 16.2 Å². The third kappa shape index (κ3) is 4.70. The number of fused-ring (bicyclic) bond motifs is 1. The van der Waals surface area contributed by atoms with E-state index in [9.17, 15) is 27.6 Å². The predicted octanol–water partition coefficient (Wildman–Crippen LogP) is 2.97. The van der Waals surface area contributed by atoms with E-state index in [1.54, 1.807) is 0 Å². The Morgan fingerprint density at radius 2 is 1.85 bits per heavy atom. The molecule has 0 spiro atoms. The molecule has 0 atom stereocenters. The van der Waals surface area contributed by atoms with Gasteiger partial charge in [0.1, 0.15) is 0 Å². The number of rotatable bonds is 5. The number of carbonyl (C=O) groups is 2. The van der Waals surface area contributed by atoms with Crippen molar-refractivity contribution in [3.63, 3.8) is 0 Å². The summed E-state index contributed by atoms with van der Waals surface area (Å²) in [6.45, 7) is 0. The van der Waals surface area contributed by atoms with Gasteiger partial charge in [0.05, 0.1) is 40.6 Å². The van der Waals surface area contributed by atoms with Gasteiger partial charge in [0, 0.05) is 24.0 Å². The molecule has 0 bridgehead atoms. The second-order valence-electron chi connectivity index (χ2n) is 7.94. The summed E-state index contributed by atoms with van der Waals surface area (Å²) in [6.07, 6.45) is -0.579. The van der Waals surface area contributed by atoms with Gasteiger partial charge in [-0.05, 0) is 24.3 Å². The molecule has 0 saturated heterocycles. The maximum absolute atomic E-state index is 14.2. The van der Waals surface area contributed by atoms with Crippen LogP contribution >= 0.6 is 11.6 Å². The van der Waals surface area contributed by atoms with E-state index in [1.165, 1.54) is 49.8 Å². The first-order valence-electron chi connectivity index (χ1n) is 11.0. The van der Waals surface area contributed by atoms with Crippen molar-refractivity contribution in [1.29, 1.82) is 0 Å². The molecular weight excluding hydrogens is 543 g/mol. The Labute approximate surface area is 220 Å². The number of pyridine rings is 2. The van der Waals surface area contributed by atoms with Crippen molar-refractivity contribution in [3.8, 4) is 11.5 Å². The highest BCUT2D eigenvalue weighted by Crippen LogP contribution is 2.35. The van der Waals surface area contributed by atoms with Crippen LogP contribution in [0, 0.1) is 0 Å².